The fraction of sp³-hybridized carbons (Fsp3) is 0.286. The molecule has 4 heteroatoms. The molecule has 3 rings (SSSR count). The van der Waals surface area contributed by atoms with Crippen LogP contribution in [0.1, 0.15) is 6.42 Å². The van der Waals surface area contributed by atoms with Gasteiger partial charge in [0.2, 0.25) is 0 Å². The molecular weight excluding hydrogens is 224 g/mol. The quantitative estimate of drug-likeness (QED) is 0.470. The molecule has 0 spiro atoms. The van der Waals surface area contributed by atoms with Gasteiger partial charge in [0.05, 0.1) is 17.1 Å². The highest BCUT2D eigenvalue weighted by Gasteiger charge is 2.25. The van der Waals surface area contributed by atoms with E-state index in [1.807, 2.05) is 18.2 Å². The second kappa shape index (κ2) is 4.74. The van der Waals surface area contributed by atoms with Gasteiger partial charge in [-0.1, -0.05) is 18.2 Å². The Morgan fingerprint density at radius 2 is 2.00 bits per heavy atom. The van der Waals surface area contributed by atoms with Crippen LogP contribution in [0.5, 0.6) is 0 Å². The van der Waals surface area contributed by atoms with Crippen LogP contribution < -0.4 is 21.3 Å². The molecule has 2 aliphatic rings. The largest absolute Gasteiger partial charge is 0.367 e. The normalized spacial score (nSPS) is 20.6. The zero-order valence-corrected chi connectivity index (χ0v) is 10.3. The topological polar surface area (TPSA) is 58.0 Å². The maximum absolute atomic E-state index is 3.74. The van der Waals surface area contributed by atoms with Gasteiger partial charge < -0.3 is 21.3 Å². The molecule has 2 heterocycles. The van der Waals surface area contributed by atoms with Crippen molar-refractivity contribution >= 4 is 11.4 Å². The summed E-state index contributed by atoms with van der Waals surface area (Å²) in [5, 5.41) is 13.6. The molecule has 1 aromatic carbocycles. The van der Waals surface area contributed by atoms with E-state index < -0.39 is 0 Å². The van der Waals surface area contributed by atoms with Gasteiger partial charge in [-0.25, -0.2) is 0 Å². The van der Waals surface area contributed by atoms with E-state index >= 15 is 0 Å². The number of para-hydroxylation sites is 2. The summed E-state index contributed by atoms with van der Waals surface area (Å²) in [6.45, 7) is 5.61. The molecular formula is C14H18N4. The first kappa shape index (κ1) is 11.2. The van der Waals surface area contributed by atoms with Crippen LogP contribution in [0.25, 0.3) is 0 Å². The first-order chi connectivity index (χ1) is 8.86. The van der Waals surface area contributed by atoms with Crippen LogP contribution in [0.3, 0.4) is 0 Å². The minimum absolute atomic E-state index is 0.611. The van der Waals surface area contributed by atoms with Crippen molar-refractivity contribution in [2.45, 2.75) is 12.5 Å². The van der Waals surface area contributed by atoms with Crippen LogP contribution in [-0.2, 0) is 0 Å². The van der Waals surface area contributed by atoms with Crippen molar-refractivity contribution in [3.05, 3.63) is 48.4 Å². The lowest BCUT2D eigenvalue weighted by atomic mass is 10.1. The summed E-state index contributed by atoms with van der Waals surface area (Å²) in [5.41, 5.74) is 3.46. The van der Waals surface area contributed by atoms with Crippen molar-refractivity contribution in [3.63, 3.8) is 0 Å². The first-order valence-electron chi connectivity index (χ1n) is 6.31. The lowest BCUT2D eigenvalue weighted by Crippen LogP contribution is -2.28. The maximum atomic E-state index is 3.74. The summed E-state index contributed by atoms with van der Waals surface area (Å²) in [6.07, 6.45) is 2.88. The third-order valence-electron chi connectivity index (χ3n) is 3.14. The molecule has 0 bridgehead atoms. The molecule has 1 atom stereocenters. The van der Waals surface area contributed by atoms with Crippen LogP contribution in [0, 0.1) is 0 Å². The summed E-state index contributed by atoms with van der Waals surface area (Å²) in [7, 11) is 0. The highest BCUT2D eigenvalue weighted by molar-refractivity contribution is 5.75. The molecule has 0 aliphatic carbocycles. The molecule has 1 saturated heterocycles. The molecule has 94 valence electrons. The Morgan fingerprint density at radius 3 is 2.67 bits per heavy atom. The minimum atomic E-state index is 0.611. The molecule has 2 aliphatic heterocycles. The Kier molecular flexibility index (Phi) is 2.94. The van der Waals surface area contributed by atoms with Crippen LogP contribution in [0.4, 0.5) is 11.4 Å². The van der Waals surface area contributed by atoms with Crippen LogP contribution in [0.2, 0.25) is 0 Å². The second-order valence-corrected chi connectivity index (χ2v) is 4.63. The molecule has 4 nitrogen and oxygen atoms in total. The number of benzene rings is 1. The van der Waals surface area contributed by atoms with E-state index in [4.69, 9.17) is 0 Å². The average molecular weight is 242 g/mol. The maximum Gasteiger partial charge on any atom is 0.123 e. The average Bonchev–Trinajstić information content (AvgIpc) is 3.20. The number of hydrogen-bond donors (Lipinski definition) is 4. The van der Waals surface area contributed by atoms with E-state index in [2.05, 4.69) is 40.0 Å². The van der Waals surface area contributed by atoms with E-state index in [-0.39, 0.29) is 0 Å². The van der Waals surface area contributed by atoms with Gasteiger partial charge in [-0.2, -0.15) is 0 Å². The van der Waals surface area contributed by atoms with Crippen molar-refractivity contribution in [2.24, 2.45) is 0 Å². The van der Waals surface area contributed by atoms with Gasteiger partial charge in [0.1, 0.15) is 5.82 Å². The van der Waals surface area contributed by atoms with Crippen molar-refractivity contribution in [1.82, 2.24) is 10.6 Å². The zero-order chi connectivity index (χ0) is 12.4. The third-order valence-corrected chi connectivity index (χ3v) is 3.14. The number of fused-ring (bicyclic) bond motifs is 1. The van der Waals surface area contributed by atoms with Gasteiger partial charge in [0.15, 0.2) is 0 Å². The summed E-state index contributed by atoms with van der Waals surface area (Å²) >= 11 is 0. The number of anilines is 2. The molecule has 0 radical (unpaired) electrons. The minimum Gasteiger partial charge on any atom is -0.367 e. The monoisotopic (exact) mass is 242 g/mol. The van der Waals surface area contributed by atoms with E-state index in [0.29, 0.717) is 6.04 Å². The Bertz CT molecular complexity index is 488. The Morgan fingerprint density at radius 1 is 1.28 bits per heavy atom. The SMILES string of the molecule is C=CCNC1=C(CC2CN2)Nc2ccccc2N1. The number of hydrogen-bond acceptors (Lipinski definition) is 4. The van der Waals surface area contributed by atoms with Gasteiger partial charge in [0.25, 0.3) is 0 Å². The Labute approximate surface area is 107 Å². The summed E-state index contributed by atoms with van der Waals surface area (Å²) in [6, 6.07) is 8.85. The predicted octanol–water partition coefficient (Wildman–Crippen LogP) is 1.83. The molecule has 0 saturated carbocycles. The molecule has 1 aromatic rings. The Balaban J connectivity index is 1.83. The van der Waals surface area contributed by atoms with E-state index in [1.54, 1.807) is 0 Å². The molecule has 0 aromatic heterocycles. The van der Waals surface area contributed by atoms with Crippen molar-refractivity contribution in [2.75, 3.05) is 23.7 Å². The number of nitrogens with one attached hydrogen (secondary N) is 4. The summed E-state index contributed by atoms with van der Waals surface area (Å²) in [4.78, 5) is 0. The molecule has 4 N–H and O–H groups in total. The first-order valence-corrected chi connectivity index (χ1v) is 6.31. The van der Waals surface area contributed by atoms with E-state index in [1.165, 1.54) is 5.70 Å². The van der Waals surface area contributed by atoms with Crippen molar-refractivity contribution in [1.29, 1.82) is 0 Å². The molecule has 1 fully saturated rings. The fourth-order valence-electron chi connectivity index (χ4n) is 2.09. The highest BCUT2D eigenvalue weighted by Crippen LogP contribution is 2.30. The van der Waals surface area contributed by atoms with Gasteiger partial charge in [0, 0.05) is 25.6 Å². The predicted molar refractivity (Wildman–Crippen MR) is 75.3 cm³/mol. The number of rotatable bonds is 5. The van der Waals surface area contributed by atoms with Gasteiger partial charge >= 0.3 is 0 Å². The highest BCUT2D eigenvalue weighted by atomic mass is 15.2. The summed E-state index contributed by atoms with van der Waals surface area (Å²) < 4.78 is 0. The van der Waals surface area contributed by atoms with E-state index in [9.17, 15) is 0 Å². The summed E-state index contributed by atoms with van der Waals surface area (Å²) in [5.74, 6) is 1.06. The zero-order valence-electron chi connectivity index (χ0n) is 10.3. The van der Waals surface area contributed by atoms with Crippen molar-refractivity contribution < 1.29 is 0 Å². The van der Waals surface area contributed by atoms with E-state index in [0.717, 1.165) is 36.7 Å². The van der Waals surface area contributed by atoms with Gasteiger partial charge in [-0.15, -0.1) is 6.58 Å². The van der Waals surface area contributed by atoms with Gasteiger partial charge in [-0.05, 0) is 12.1 Å². The van der Waals surface area contributed by atoms with Crippen LogP contribution in [-0.4, -0.2) is 19.1 Å². The molecule has 0 amide bonds. The Hall–Kier alpha value is -1.94. The lowest BCUT2D eigenvalue weighted by Gasteiger charge is -2.26. The third kappa shape index (κ3) is 2.33. The second-order valence-electron chi connectivity index (χ2n) is 4.63. The van der Waals surface area contributed by atoms with Gasteiger partial charge in [-0.3, -0.25) is 0 Å². The standard InChI is InChI=1S/C14H18N4/c1-2-7-15-14-13(8-10-9-16-10)17-11-5-3-4-6-12(11)18-14/h2-6,10,15-18H,1,7-9H2. The van der Waals surface area contributed by atoms with Crippen LogP contribution >= 0.6 is 0 Å². The smallest absolute Gasteiger partial charge is 0.123 e. The molecule has 18 heavy (non-hydrogen) atoms. The fourth-order valence-corrected chi connectivity index (χ4v) is 2.09. The lowest BCUT2D eigenvalue weighted by molar-refractivity contribution is 0.831. The van der Waals surface area contributed by atoms with Crippen molar-refractivity contribution in [3.8, 4) is 0 Å². The molecule has 1 unspecified atom stereocenters. The van der Waals surface area contributed by atoms with Crippen LogP contribution in [0.15, 0.2) is 48.4 Å².